The third-order valence-corrected chi connectivity index (χ3v) is 2.58. The fraction of sp³-hybridized carbons (Fsp3) is 0.500. The minimum Gasteiger partial charge on any atom is -0.480 e. The summed E-state index contributed by atoms with van der Waals surface area (Å²) in [5, 5.41) is 3.05. The van der Waals surface area contributed by atoms with Gasteiger partial charge in [0.2, 0.25) is 17.7 Å². The Bertz CT molecular complexity index is 387. The zero-order chi connectivity index (χ0) is 12.7. The van der Waals surface area contributed by atoms with Crippen LogP contribution in [0.1, 0.15) is 19.3 Å². The SMILES string of the molecule is COc1nc(NCCCCC(N)=O)ncc1Br. The number of unbranched alkanes of at least 4 members (excludes halogenated alkanes) is 1. The van der Waals surface area contributed by atoms with Gasteiger partial charge in [0.05, 0.1) is 17.8 Å². The Morgan fingerprint density at radius 3 is 3.00 bits per heavy atom. The molecule has 0 bridgehead atoms. The van der Waals surface area contributed by atoms with Gasteiger partial charge in [-0.15, -0.1) is 0 Å². The van der Waals surface area contributed by atoms with E-state index in [4.69, 9.17) is 10.5 Å². The van der Waals surface area contributed by atoms with Crippen molar-refractivity contribution in [3.63, 3.8) is 0 Å². The molecule has 94 valence electrons. The van der Waals surface area contributed by atoms with Gasteiger partial charge in [0.1, 0.15) is 0 Å². The summed E-state index contributed by atoms with van der Waals surface area (Å²) in [5.74, 6) is 0.718. The molecule has 1 aromatic heterocycles. The number of rotatable bonds is 7. The van der Waals surface area contributed by atoms with Crippen molar-refractivity contribution in [2.45, 2.75) is 19.3 Å². The molecule has 1 rings (SSSR count). The number of nitrogens with one attached hydrogen (secondary N) is 1. The minimum absolute atomic E-state index is 0.272. The van der Waals surface area contributed by atoms with Crippen LogP contribution in [0.2, 0.25) is 0 Å². The molecule has 0 fully saturated rings. The minimum atomic E-state index is -0.272. The van der Waals surface area contributed by atoms with Crippen molar-refractivity contribution < 1.29 is 9.53 Å². The lowest BCUT2D eigenvalue weighted by Crippen LogP contribution is -2.11. The maximum Gasteiger partial charge on any atom is 0.232 e. The number of halogens is 1. The number of hydrogen-bond donors (Lipinski definition) is 2. The number of carbonyl (C=O) groups excluding carboxylic acids is 1. The first-order chi connectivity index (χ1) is 8.13. The average Bonchev–Trinajstić information content (AvgIpc) is 2.30. The van der Waals surface area contributed by atoms with E-state index >= 15 is 0 Å². The number of amides is 1. The molecule has 3 N–H and O–H groups in total. The fourth-order valence-corrected chi connectivity index (χ4v) is 1.56. The van der Waals surface area contributed by atoms with Gasteiger partial charge in [-0.3, -0.25) is 4.79 Å². The molecular formula is C10H15BrN4O2. The van der Waals surface area contributed by atoms with Gasteiger partial charge in [0.15, 0.2) is 0 Å². The van der Waals surface area contributed by atoms with Crippen molar-refractivity contribution in [3.05, 3.63) is 10.7 Å². The van der Waals surface area contributed by atoms with Crippen LogP contribution in [0.5, 0.6) is 5.88 Å². The molecule has 0 spiro atoms. The van der Waals surface area contributed by atoms with Crippen LogP contribution in [0.15, 0.2) is 10.7 Å². The van der Waals surface area contributed by atoms with E-state index in [1.807, 2.05) is 0 Å². The first-order valence-electron chi connectivity index (χ1n) is 5.22. The zero-order valence-electron chi connectivity index (χ0n) is 9.57. The summed E-state index contributed by atoms with van der Waals surface area (Å²) in [6, 6.07) is 0. The predicted octanol–water partition coefficient (Wildman–Crippen LogP) is 1.32. The lowest BCUT2D eigenvalue weighted by molar-refractivity contribution is -0.118. The monoisotopic (exact) mass is 302 g/mol. The molecule has 0 aliphatic rings. The van der Waals surface area contributed by atoms with Crippen LogP contribution >= 0.6 is 15.9 Å². The largest absolute Gasteiger partial charge is 0.480 e. The van der Waals surface area contributed by atoms with E-state index in [0.717, 1.165) is 12.8 Å². The van der Waals surface area contributed by atoms with Gasteiger partial charge in [-0.05, 0) is 28.8 Å². The van der Waals surface area contributed by atoms with Crippen molar-refractivity contribution in [2.24, 2.45) is 5.73 Å². The second-order valence-electron chi connectivity index (χ2n) is 3.40. The molecule has 0 radical (unpaired) electrons. The van der Waals surface area contributed by atoms with Crippen molar-refractivity contribution in [3.8, 4) is 5.88 Å². The van der Waals surface area contributed by atoms with Crippen LogP contribution in [-0.4, -0.2) is 29.5 Å². The summed E-state index contributed by atoms with van der Waals surface area (Å²) in [7, 11) is 1.55. The number of nitrogens with two attached hydrogens (primary N) is 1. The topological polar surface area (TPSA) is 90.1 Å². The van der Waals surface area contributed by atoms with Crippen LogP contribution < -0.4 is 15.8 Å². The first-order valence-corrected chi connectivity index (χ1v) is 6.01. The van der Waals surface area contributed by atoms with Gasteiger partial charge < -0.3 is 15.8 Å². The quantitative estimate of drug-likeness (QED) is 0.741. The van der Waals surface area contributed by atoms with Gasteiger partial charge >= 0.3 is 0 Å². The number of methoxy groups -OCH3 is 1. The van der Waals surface area contributed by atoms with E-state index in [0.29, 0.717) is 29.3 Å². The number of carbonyl (C=O) groups is 1. The van der Waals surface area contributed by atoms with Crippen LogP contribution in [0.25, 0.3) is 0 Å². The van der Waals surface area contributed by atoms with E-state index in [2.05, 4.69) is 31.2 Å². The second-order valence-corrected chi connectivity index (χ2v) is 4.26. The molecule has 0 aliphatic heterocycles. The van der Waals surface area contributed by atoms with Crippen LogP contribution in [0.4, 0.5) is 5.95 Å². The number of anilines is 1. The predicted molar refractivity (Wildman–Crippen MR) is 67.8 cm³/mol. The van der Waals surface area contributed by atoms with Crippen molar-refractivity contribution in [1.82, 2.24) is 9.97 Å². The third-order valence-electron chi connectivity index (χ3n) is 2.04. The molecule has 1 amide bonds. The maximum atomic E-state index is 10.5. The molecule has 1 aromatic rings. The van der Waals surface area contributed by atoms with Gasteiger partial charge in [0, 0.05) is 13.0 Å². The highest BCUT2D eigenvalue weighted by Crippen LogP contribution is 2.21. The number of nitrogens with zero attached hydrogens (tertiary/aromatic N) is 2. The summed E-state index contributed by atoms with van der Waals surface area (Å²) in [5.41, 5.74) is 5.03. The van der Waals surface area contributed by atoms with Crippen molar-refractivity contribution in [2.75, 3.05) is 19.0 Å². The van der Waals surface area contributed by atoms with Gasteiger partial charge in [-0.1, -0.05) is 0 Å². The lowest BCUT2D eigenvalue weighted by Gasteiger charge is -2.06. The Morgan fingerprint density at radius 1 is 1.59 bits per heavy atom. The van der Waals surface area contributed by atoms with E-state index in [-0.39, 0.29) is 5.91 Å². The fourth-order valence-electron chi connectivity index (χ4n) is 1.20. The van der Waals surface area contributed by atoms with E-state index in [9.17, 15) is 4.79 Å². The number of hydrogen-bond acceptors (Lipinski definition) is 5. The number of ether oxygens (including phenoxy) is 1. The second kappa shape index (κ2) is 7.05. The lowest BCUT2D eigenvalue weighted by atomic mass is 10.2. The highest BCUT2D eigenvalue weighted by atomic mass is 79.9. The van der Waals surface area contributed by atoms with Gasteiger partial charge in [-0.25, -0.2) is 4.98 Å². The molecule has 6 nitrogen and oxygen atoms in total. The van der Waals surface area contributed by atoms with Crippen LogP contribution in [-0.2, 0) is 4.79 Å². The Kier molecular flexibility index (Phi) is 5.68. The molecule has 0 saturated heterocycles. The van der Waals surface area contributed by atoms with E-state index < -0.39 is 0 Å². The Balaban J connectivity index is 2.34. The molecule has 0 unspecified atom stereocenters. The molecule has 7 heteroatoms. The molecule has 0 atom stereocenters. The smallest absolute Gasteiger partial charge is 0.232 e. The van der Waals surface area contributed by atoms with Crippen LogP contribution in [0, 0.1) is 0 Å². The molecule has 1 heterocycles. The summed E-state index contributed by atoms with van der Waals surface area (Å²) < 4.78 is 5.75. The van der Waals surface area contributed by atoms with Crippen molar-refractivity contribution >= 4 is 27.8 Å². The Labute approximate surface area is 108 Å². The molecule has 0 aromatic carbocycles. The highest BCUT2D eigenvalue weighted by molar-refractivity contribution is 9.10. The molecular weight excluding hydrogens is 288 g/mol. The number of primary amides is 1. The summed E-state index contributed by atoms with van der Waals surface area (Å²) in [4.78, 5) is 18.7. The summed E-state index contributed by atoms with van der Waals surface area (Å²) in [6.45, 7) is 0.693. The van der Waals surface area contributed by atoms with Gasteiger partial charge in [0.25, 0.3) is 0 Å². The van der Waals surface area contributed by atoms with E-state index in [1.54, 1.807) is 13.3 Å². The maximum absolute atomic E-state index is 10.5. The highest BCUT2D eigenvalue weighted by Gasteiger charge is 2.04. The standard InChI is InChI=1S/C10H15BrN4O2/c1-17-9-7(11)6-14-10(15-9)13-5-3-2-4-8(12)16/h6H,2-5H2,1H3,(H2,12,16)(H,13,14,15). The molecule has 17 heavy (non-hydrogen) atoms. The normalized spacial score (nSPS) is 10.0. The Hall–Kier alpha value is -1.37. The molecule has 0 saturated carbocycles. The molecule has 0 aliphatic carbocycles. The zero-order valence-corrected chi connectivity index (χ0v) is 11.2. The average molecular weight is 303 g/mol. The number of aromatic nitrogens is 2. The first kappa shape index (κ1) is 13.7. The summed E-state index contributed by atoms with van der Waals surface area (Å²) in [6.07, 6.45) is 3.63. The summed E-state index contributed by atoms with van der Waals surface area (Å²) >= 11 is 3.27. The Morgan fingerprint density at radius 2 is 2.35 bits per heavy atom. The van der Waals surface area contributed by atoms with Crippen molar-refractivity contribution in [1.29, 1.82) is 0 Å². The van der Waals surface area contributed by atoms with E-state index in [1.165, 1.54) is 0 Å². The van der Waals surface area contributed by atoms with Gasteiger partial charge in [-0.2, -0.15) is 4.98 Å². The third kappa shape index (κ3) is 4.99. The van der Waals surface area contributed by atoms with Crippen LogP contribution in [0.3, 0.4) is 0 Å².